The third-order valence-electron chi connectivity index (χ3n) is 11.6. The summed E-state index contributed by atoms with van der Waals surface area (Å²) in [4.78, 5) is 0. The molecule has 0 heteroatoms. The van der Waals surface area contributed by atoms with Gasteiger partial charge in [-0.25, -0.2) is 0 Å². The zero-order valence-electron chi connectivity index (χ0n) is 49.4. The molecule has 0 unspecified atom stereocenters. The van der Waals surface area contributed by atoms with Crippen LogP contribution < -0.4 is 0 Å². The van der Waals surface area contributed by atoms with E-state index >= 15 is 0 Å². The van der Waals surface area contributed by atoms with Crippen molar-refractivity contribution in [2.24, 2.45) is 0 Å². The first-order valence-corrected chi connectivity index (χ1v) is 19.4. The summed E-state index contributed by atoms with van der Waals surface area (Å²) in [6.07, 6.45) is 0. The number of fused-ring (bicyclic) bond motifs is 1. The molecule has 0 fully saturated rings. The van der Waals surface area contributed by atoms with Crippen LogP contribution in [-0.4, -0.2) is 0 Å². The van der Waals surface area contributed by atoms with Gasteiger partial charge in [-0.3, -0.25) is 0 Å². The third kappa shape index (κ3) is 5.04. The second-order valence-corrected chi connectivity index (χ2v) is 15.0. The molecule has 13 aromatic rings. The molecule has 0 aliphatic rings. The van der Waals surface area contributed by atoms with Crippen molar-refractivity contribution in [3.8, 4) is 55.6 Å². The highest BCUT2D eigenvalue weighted by molar-refractivity contribution is 6.26. The summed E-state index contributed by atoms with van der Waals surface area (Å²) < 4.78 is 163. The van der Waals surface area contributed by atoms with Crippen LogP contribution >= 0.6 is 0 Å². The minimum absolute atomic E-state index is 0.0444. The molecule has 0 atom stereocenters. The molecule has 13 rings (SSSR count). The summed E-state index contributed by atoms with van der Waals surface area (Å²) in [7, 11) is 0. The Morgan fingerprint density at radius 2 is 0.633 bits per heavy atom. The molecule has 0 aliphatic heterocycles. The van der Waals surface area contributed by atoms with Gasteiger partial charge in [-0.15, -0.1) is 0 Å². The number of hydrogen-bond donors (Lipinski definition) is 0. The summed E-state index contributed by atoms with van der Waals surface area (Å²) in [5.74, 6) is 0. The van der Waals surface area contributed by atoms with E-state index in [9.17, 15) is 11.0 Å². The second kappa shape index (κ2) is 12.9. The third-order valence-corrected chi connectivity index (χ3v) is 11.6. The Hall–Kier alpha value is -7.80. The van der Waals surface area contributed by atoms with E-state index in [2.05, 4.69) is 0 Å². The largest absolute Gasteiger partial charge is 0.0630 e. The molecule has 0 aromatic heterocycles. The first kappa shape index (κ1) is 20.3. The van der Waals surface area contributed by atoms with E-state index < -0.39 is 96.7 Å². The fraction of sp³-hybridized carbons (Fsp3) is 0. The van der Waals surface area contributed by atoms with Gasteiger partial charge in [-0.1, -0.05) is 188 Å². The zero-order chi connectivity index (χ0) is 55.0. The predicted molar refractivity (Wildman–Crippen MR) is 259 cm³/mol. The molecular formula is C60H36. The first-order valence-electron chi connectivity index (χ1n) is 28.4. The van der Waals surface area contributed by atoms with Gasteiger partial charge < -0.3 is 0 Å². The summed E-state index contributed by atoms with van der Waals surface area (Å²) in [5, 5.41) is 1.55. The Bertz CT molecular complexity index is 4570. The molecule has 0 saturated heterocycles. The molecule has 276 valence electrons. The fourth-order valence-electron chi connectivity index (χ4n) is 8.86. The molecule has 0 spiro atoms. The van der Waals surface area contributed by atoms with E-state index in [-0.39, 0.29) is 87.8 Å². The second-order valence-electron chi connectivity index (χ2n) is 15.0. The van der Waals surface area contributed by atoms with Gasteiger partial charge in [-0.2, -0.15) is 0 Å². The highest BCUT2D eigenvalue weighted by Crippen LogP contribution is 2.43. The van der Waals surface area contributed by atoms with Gasteiger partial charge in [0.05, 0.1) is 24.7 Å². The standard InChI is InChI=1S/C60H36/c1-2-18-51-37(8-1)9-7-19-52(51)50-35-48(44-14-5-16-46(32-44)53-28-24-42-22-20-38-10-3-12-40-26-30-55(53)59(42)57(38)40)34-49(36-50)45-15-6-17-47(33-45)54-29-25-43-23-21-39-11-4-13-41-27-31-56(54)60(43)58(39)41/h1-36H/i3D,4D,10D,11D,12D,13D,20D,21D,22D,23D,24D,25D,26D,27D,28D,29D,30D,31D. The van der Waals surface area contributed by atoms with Crippen LogP contribution in [0.15, 0.2) is 218 Å². The van der Waals surface area contributed by atoms with Crippen LogP contribution in [0.4, 0.5) is 0 Å². The summed E-state index contributed by atoms with van der Waals surface area (Å²) >= 11 is 0. The molecule has 0 aliphatic carbocycles. The number of rotatable bonds is 5. The molecule has 0 bridgehead atoms. The number of benzene rings is 13. The first-order chi connectivity index (χ1) is 37.2. The van der Waals surface area contributed by atoms with Crippen LogP contribution in [0.3, 0.4) is 0 Å². The van der Waals surface area contributed by atoms with Crippen molar-refractivity contribution >= 4 is 75.4 Å². The SMILES string of the molecule is [2H]c1c([2H])c2c([2H])c([2H])c3c([2H])c([2H])c(-c4cccc(-c5cc(-c6cccc(-c7c([2H])c([2H])c8c([2H])c([2H])c9c([2H])c([2H])c([2H])c%10c([2H])c([2H])c7c8c9%10)c6)cc(-c6cccc7ccccc67)c5)c4)c4c([2H])c([2H])c(c1[2H])c2c34. The van der Waals surface area contributed by atoms with Gasteiger partial charge in [-0.05, 0) is 161 Å². The topological polar surface area (TPSA) is 0 Å². The summed E-state index contributed by atoms with van der Waals surface area (Å²) in [5.41, 5.74) is 5.30. The van der Waals surface area contributed by atoms with E-state index in [1.165, 1.54) is 0 Å². The van der Waals surface area contributed by atoms with Crippen LogP contribution in [0.25, 0.3) is 131 Å². The van der Waals surface area contributed by atoms with E-state index in [1.54, 1.807) is 36.4 Å². The molecule has 0 saturated carbocycles. The molecule has 0 amide bonds. The molecular weight excluding hydrogens is 721 g/mol. The van der Waals surface area contributed by atoms with Gasteiger partial charge >= 0.3 is 0 Å². The average molecular weight is 775 g/mol. The molecule has 0 radical (unpaired) electrons. The Kier molecular flexibility index (Phi) is 4.34. The fourth-order valence-corrected chi connectivity index (χ4v) is 8.86. The van der Waals surface area contributed by atoms with Gasteiger partial charge in [0.25, 0.3) is 0 Å². The van der Waals surface area contributed by atoms with Crippen LogP contribution in [0.1, 0.15) is 24.7 Å². The van der Waals surface area contributed by atoms with Gasteiger partial charge in [0.15, 0.2) is 0 Å². The van der Waals surface area contributed by atoms with Gasteiger partial charge in [0.1, 0.15) is 0 Å². The van der Waals surface area contributed by atoms with Crippen molar-refractivity contribution in [3.05, 3.63) is 218 Å². The molecule has 0 heterocycles. The van der Waals surface area contributed by atoms with Crippen LogP contribution in [0, 0.1) is 0 Å². The van der Waals surface area contributed by atoms with Crippen molar-refractivity contribution in [2.75, 3.05) is 0 Å². The van der Waals surface area contributed by atoms with E-state index in [0.29, 0.717) is 33.4 Å². The minimum Gasteiger partial charge on any atom is -0.0616 e. The van der Waals surface area contributed by atoms with Crippen molar-refractivity contribution in [1.82, 2.24) is 0 Å². The van der Waals surface area contributed by atoms with Crippen LogP contribution in [-0.2, 0) is 0 Å². The molecule has 0 nitrogen and oxygen atoms in total. The average Bonchev–Trinajstić information content (AvgIpc) is 3.03. The number of hydrogen-bond acceptors (Lipinski definition) is 0. The molecule has 0 N–H and O–H groups in total. The van der Waals surface area contributed by atoms with E-state index in [1.807, 2.05) is 72.8 Å². The zero-order valence-corrected chi connectivity index (χ0v) is 31.4. The monoisotopic (exact) mass is 774 g/mol. The maximum absolute atomic E-state index is 9.49. The lowest BCUT2D eigenvalue weighted by Gasteiger charge is -2.16. The van der Waals surface area contributed by atoms with Gasteiger partial charge in [0, 0.05) is 0 Å². The Labute approximate surface area is 373 Å². The van der Waals surface area contributed by atoms with Crippen LogP contribution in [0.5, 0.6) is 0 Å². The Balaban J connectivity index is 1.06. The van der Waals surface area contributed by atoms with Crippen LogP contribution in [0.2, 0.25) is 0 Å². The highest BCUT2D eigenvalue weighted by Gasteiger charge is 2.16. The van der Waals surface area contributed by atoms with E-state index in [0.717, 1.165) is 21.9 Å². The van der Waals surface area contributed by atoms with Gasteiger partial charge in [0.2, 0.25) is 0 Å². The molecule has 13 aromatic carbocycles. The van der Waals surface area contributed by atoms with Crippen molar-refractivity contribution in [3.63, 3.8) is 0 Å². The minimum atomic E-state index is -0.552. The predicted octanol–water partition coefficient (Wildman–Crippen LogP) is 17.0. The molecule has 60 heavy (non-hydrogen) atoms. The maximum atomic E-state index is 9.49. The lowest BCUT2D eigenvalue weighted by Crippen LogP contribution is -1.90. The normalized spacial score (nSPS) is 16.2. The van der Waals surface area contributed by atoms with Crippen molar-refractivity contribution in [1.29, 1.82) is 0 Å². The van der Waals surface area contributed by atoms with E-state index in [4.69, 9.17) is 13.7 Å². The lowest BCUT2D eigenvalue weighted by atomic mass is 9.87. The Morgan fingerprint density at radius 3 is 1.18 bits per heavy atom. The van der Waals surface area contributed by atoms with Crippen molar-refractivity contribution in [2.45, 2.75) is 0 Å². The Morgan fingerprint density at radius 1 is 0.233 bits per heavy atom. The summed E-state index contributed by atoms with van der Waals surface area (Å²) in [6, 6.07) is 26.1. The summed E-state index contributed by atoms with van der Waals surface area (Å²) in [6.45, 7) is 0. The van der Waals surface area contributed by atoms with Crippen molar-refractivity contribution < 1.29 is 24.7 Å². The maximum Gasteiger partial charge on any atom is 0.0630 e. The lowest BCUT2D eigenvalue weighted by molar-refractivity contribution is 1.57. The smallest absolute Gasteiger partial charge is 0.0616 e. The highest BCUT2D eigenvalue weighted by atomic mass is 14.2. The quantitative estimate of drug-likeness (QED) is 0.153.